The summed E-state index contributed by atoms with van der Waals surface area (Å²) in [5.74, 6) is 0. The van der Waals surface area contributed by atoms with Crippen LogP contribution in [0.3, 0.4) is 0 Å². The number of halogens is 1. The van der Waals surface area contributed by atoms with Gasteiger partial charge in [-0.2, -0.15) is 5.10 Å². The van der Waals surface area contributed by atoms with Crippen LogP contribution in [0.25, 0.3) is 11.2 Å². The molecule has 0 radical (unpaired) electrons. The minimum Gasteiger partial charge on any atom is -0.329 e. The van der Waals surface area contributed by atoms with E-state index in [1.54, 1.807) is 10.9 Å². The lowest BCUT2D eigenvalue weighted by Crippen LogP contribution is -1.99. The van der Waals surface area contributed by atoms with Crippen molar-refractivity contribution in [1.82, 2.24) is 24.3 Å². The molecule has 0 saturated heterocycles. The van der Waals surface area contributed by atoms with Gasteiger partial charge < -0.3 is 4.98 Å². The summed E-state index contributed by atoms with van der Waals surface area (Å²) in [6.07, 6.45) is 5.39. The van der Waals surface area contributed by atoms with E-state index in [-0.39, 0.29) is 0 Å². The molecule has 0 aliphatic heterocycles. The van der Waals surface area contributed by atoms with E-state index in [0.29, 0.717) is 16.3 Å². The summed E-state index contributed by atoms with van der Waals surface area (Å²) in [4.78, 5) is 7.41. The molecule has 92 valence electrons. The predicted octanol–water partition coefficient (Wildman–Crippen LogP) is 2.53. The minimum atomic E-state index is 0.590. The van der Waals surface area contributed by atoms with Crippen molar-refractivity contribution in [2.24, 2.45) is 7.05 Å². The third-order valence-corrected chi connectivity index (χ3v) is 3.20. The van der Waals surface area contributed by atoms with Crippen molar-refractivity contribution < 1.29 is 0 Å². The van der Waals surface area contributed by atoms with E-state index < -0.39 is 0 Å². The maximum atomic E-state index is 5.90. The maximum absolute atomic E-state index is 5.90. The SMILES string of the molecule is Cn1cc(Cn2c(=S)[nH]c3cc(Cl)cnc32)cn1. The fourth-order valence-corrected chi connectivity index (χ4v) is 2.32. The fraction of sp³-hybridized carbons (Fsp3) is 0.182. The molecule has 3 aromatic rings. The molecule has 18 heavy (non-hydrogen) atoms. The van der Waals surface area contributed by atoms with Gasteiger partial charge in [0.05, 0.1) is 23.3 Å². The number of aromatic nitrogens is 5. The zero-order valence-electron chi connectivity index (χ0n) is 9.59. The molecular weight excluding hydrogens is 270 g/mol. The van der Waals surface area contributed by atoms with E-state index >= 15 is 0 Å². The zero-order chi connectivity index (χ0) is 12.7. The molecule has 0 aromatic carbocycles. The number of pyridine rings is 1. The summed E-state index contributed by atoms with van der Waals surface area (Å²) in [7, 11) is 1.88. The number of rotatable bonds is 2. The molecule has 0 amide bonds. The second kappa shape index (κ2) is 4.22. The highest BCUT2D eigenvalue weighted by molar-refractivity contribution is 7.71. The summed E-state index contributed by atoms with van der Waals surface area (Å²) >= 11 is 11.2. The Morgan fingerprint density at radius 1 is 1.44 bits per heavy atom. The third-order valence-electron chi connectivity index (χ3n) is 2.67. The predicted molar refractivity (Wildman–Crippen MR) is 72.2 cm³/mol. The molecule has 0 aliphatic rings. The Morgan fingerprint density at radius 3 is 3.00 bits per heavy atom. The summed E-state index contributed by atoms with van der Waals surface area (Å²) in [6, 6.07) is 1.82. The fourth-order valence-electron chi connectivity index (χ4n) is 1.90. The summed E-state index contributed by atoms with van der Waals surface area (Å²) in [5, 5.41) is 4.73. The van der Waals surface area contributed by atoms with Crippen molar-refractivity contribution in [3.8, 4) is 0 Å². The van der Waals surface area contributed by atoms with Crippen LogP contribution in [-0.2, 0) is 13.6 Å². The minimum absolute atomic E-state index is 0.590. The van der Waals surface area contributed by atoms with E-state index in [9.17, 15) is 0 Å². The Bertz CT molecular complexity index is 769. The number of nitrogens with one attached hydrogen (secondary N) is 1. The van der Waals surface area contributed by atoms with Crippen LogP contribution in [0.4, 0.5) is 0 Å². The molecule has 0 atom stereocenters. The second-order valence-electron chi connectivity index (χ2n) is 4.06. The number of H-pyrrole nitrogens is 1. The molecule has 0 fully saturated rings. The van der Waals surface area contributed by atoms with Crippen molar-refractivity contribution in [2.75, 3.05) is 0 Å². The van der Waals surface area contributed by atoms with Crippen LogP contribution in [0, 0.1) is 4.77 Å². The van der Waals surface area contributed by atoms with Crippen LogP contribution in [0.15, 0.2) is 24.7 Å². The normalized spacial score (nSPS) is 11.2. The molecule has 0 bridgehead atoms. The van der Waals surface area contributed by atoms with Crippen LogP contribution in [0.2, 0.25) is 5.02 Å². The van der Waals surface area contributed by atoms with Gasteiger partial charge in [0.1, 0.15) is 0 Å². The monoisotopic (exact) mass is 279 g/mol. The molecule has 0 aliphatic carbocycles. The molecule has 3 aromatic heterocycles. The van der Waals surface area contributed by atoms with E-state index in [2.05, 4.69) is 15.1 Å². The number of hydrogen-bond acceptors (Lipinski definition) is 3. The molecule has 3 rings (SSSR count). The molecular formula is C11H10ClN5S. The van der Waals surface area contributed by atoms with Crippen molar-refractivity contribution in [3.05, 3.63) is 40.0 Å². The van der Waals surface area contributed by atoms with Gasteiger partial charge in [-0.3, -0.25) is 9.25 Å². The third kappa shape index (κ3) is 1.93. The Balaban J connectivity index is 2.11. The van der Waals surface area contributed by atoms with Crippen molar-refractivity contribution >= 4 is 35.0 Å². The summed E-state index contributed by atoms with van der Waals surface area (Å²) in [5.41, 5.74) is 2.72. The van der Waals surface area contributed by atoms with Crippen LogP contribution in [0.5, 0.6) is 0 Å². The van der Waals surface area contributed by atoms with E-state index in [1.807, 2.05) is 30.1 Å². The molecule has 1 N–H and O–H groups in total. The Kier molecular flexibility index (Phi) is 2.68. The highest BCUT2D eigenvalue weighted by atomic mass is 35.5. The number of imidazole rings is 1. The highest BCUT2D eigenvalue weighted by Gasteiger charge is 2.07. The first-order valence-electron chi connectivity index (χ1n) is 5.35. The van der Waals surface area contributed by atoms with Gasteiger partial charge in [-0.05, 0) is 18.3 Å². The first kappa shape index (κ1) is 11.4. The molecule has 0 unspecified atom stereocenters. The van der Waals surface area contributed by atoms with Gasteiger partial charge in [-0.25, -0.2) is 4.98 Å². The maximum Gasteiger partial charge on any atom is 0.179 e. The van der Waals surface area contributed by atoms with Crippen LogP contribution < -0.4 is 0 Å². The highest BCUT2D eigenvalue weighted by Crippen LogP contribution is 2.17. The second-order valence-corrected chi connectivity index (χ2v) is 4.89. The smallest absolute Gasteiger partial charge is 0.179 e. The number of hydrogen-bond donors (Lipinski definition) is 1. The molecule has 3 heterocycles. The average Bonchev–Trinajstić information content (AvgIpc) is 2.84. The molecule has 0 spiro atoms. The lowest BCUT2D eigenvalue weighted by Gasteiger charge is -2.01. The largest absolute Gasteiger partial charge is 0.329 e. The van der Waals surface area contributed by atoms with Crippen LogP contribution in [0.1, 0.15) is 5.56 Å². The summed E-state index contributed by atoms with van der Waals surface area (Å²) < 4.78 is 4.32. The van der Waals surface area contributed by atoms with Crippen LogP contribution in [-0.4, -0.2) is 24.3 Å². The quantitative estimate of drug-likeness (QED) is 0.734. The van der Waals surface area contributed by atoms with E-state index in [0.717, 1.165) is 16.7 Å². The van der Waals surface area contributed by atoms with E-state index in [4.69, 9.17) is 23.8 Å². The molecule has 7 heteroatoms. The van der Waals surface area contributed by atoms with Gasteiger partial charge in [0.2, 0.25) is 0 Å². The topological polar surface area (TPSA) is 51.4 Å². The van der Waals surface area contributed by atoms with Gasteiger partial charge in [0.15, 0.2) is 10.4 Å². The van der Waals surface area contributed by atoms with Crippen molar-refractivity contribution in [1.29, 1.82) is 0 Å². The molecule has 0 saturated carbocycles. The molecule has 5 nitrogen and oxygen atoms in total. The van der Waals surface area contributed by atoms with Crippen molar-refractivity contribution in [2.45, 2.75) is 6.54 Å². The lowest BCUT2D eigenvalue weighted by atomic mass is 10.3. The summed E-state index contributed by atoms with van der Waals surface area (Å²) in [6.45, 7) is 0.640. The van der Waals surface area contributed by atoms with Gasteiger partial charge in [-0.1, -0.05) is 11.6 Å². The lowest BCUT2D eigenvalue weighted by molar-refractivity contribution is 0.762. The first-order chi connectivity index (χ1) is 8.63. The number of aryl methyl sites for hydroxylation is 1. The van der Waals surface area contributed by atoms with Gasteiger partial charge in [0.25, 0.3) is 0 Å². The van der Waals surface area contributed by atoms with E-state index in [1.165, 1.54) is 0 Å². The van der Waals surface area contributed by atoms with Crippen LogP contribution >= 0.6 is 23.8 Å². The average molecular weight is 280 g/mol. The number of fused-ring (bicyclic) bond motifs is 1. The Labute approximate surface area is 113 Å². The first-order valence-corrected chi connectivity index (χ1v) is 6.14. The standard InChI is InChI=1S/C11H10ClN5S/c1-16-5-7(3-14-16)6-17-10-9(15-11(17)18)2-8(12)4-13-10/h2-5H,6H2,1H3,(H,15,18). The Morgan fingerprint density at radius 2 is 2.28 bits per heavy atom. The number of aromatic amines is 1. The van der Waals surface area contributed by atoms with Gasteiger partial charge in [0, 0.05) is 25.0 Å². The van der Waals surface area contributed by atoms with Gasteiger partial charge >= 0.3 is 0 Å². The van der Waals surface area contributed by atoms with Crippen molar-refractivity contribution in [3.63, 3.8) is 0 Å². The Hall–Kier alpha value is -1.66. The zero-order valence-corrected chi connectivity index (χ0v) is 11.2. The van der Waals surface area contributed by atoms with Gasteiger partial charge in [-0.15, -0.1) is 0 Å². The number of nitrogens with zero attached hydrogens (tertiary/aromatic N) is 4.